The van der Waals surface area contributed by atoms with Gasteiger partial charge in [0.15, 0.2) is 0 Å². The number of aromatic nitrogens is 4. The van der Waals surface area contributed by atoms with Gasteiger partial charge in [-0.15, -0.1) is 11.3 Å². The van der Waals surface area contributed by atoms with Crippen molar-refractivity contribution in [2.45, 2.75) is 12.7 Å². The second-order valence-corrected chi connectivity index (χ2v) is 5.89. The number of thiophene rings is 1. The number of nitrogens with zero attached hydrogens (tertiary/aromatic N) is 4. The summed E-state index contributed by atoms with van der Waals surface area (Å²) in [7, 11) is 1.52. The van der Waals surface area contributed by atoms with Crippen molar-refractivity contribution in [1.29, 1.82) is 0 Å². The molecule has 11 heteroatoms. The SMILES string of the molecule is COCCn1cnc2c(sc3ncnc(NCC(F)(F)F)c32)c1=O. The van der Waals surface area contributed by atoms with Crippen molar-refractivity contribution in [2.24, 2.45) is 0 Å². The van der Waals surface area contributed by atoms with Crippen LogP contribution in [0.3, 0.4) is 0 Å². The summed E-state index contributed by atoms with van der Waals surface area (Å²) < 4.78 is 43.9. The molecule has 3 aromatic rings. The molecule has 3 rings (SSSR count). The quantitative estimate of drug-likeness (QED) is 0.751. The zero-order valence-electron chi connectivity index (χ0n) is 12.4. The Balaban J connectivity index is 2.11. The Morgan fingerprint density at radius 1 is 1.33 bits per heavy atom. The van der Waals surface area contributed by atoms with Gasteiger partial charge in [-0.2, -0.15) is 13.2 Å². The Morgan fingerprint density at radius 2 is 2.12 bits per heavy atom. The van der Waals surface area contributed by atoms with Crippen molar-refractivity contribution >= 4 is 37.6 Å². The molecule has 3 heterocycles. The number of rotatable bonds is 5. The van der Waals surface area contributed by atoms with E-state index in [1.165, 1.54) is 18.0 Å². The Labute approximate surface area is 137 Å². The normalized spacial score (nSPS) is 12.2. The lowest BCUT2D eigenvalue weighted by Gasteiger charge is -2.09. The van der Waals surface area contributed by atoms with E-state index in [-0.39, 0.29) is 11.4 Å². The molecule has 0 unspecified atom stereocenters. The second kappa shape index (κ2) is 6.32. The summed E-state index contributed by atoms with van der Waals surface area (Å²) in [6, 6.07) is 0. The third kappa shape index (κ3) is 3.17. The topological polar surface area (TPSA) is 81.9 Å². The Kier molecular flexibility index (Phi) is 4.37. The molecule has 0 saturated carbocycles. The highest BCUT2D eigenvalue weighted by Gasteiger charge is 2.27. The molecule has 0 aliphatic heterocycles. The van der Waals surface area contributed by atoms with E-state index in [0.717, 1.165) is 17.7 Å². The molecule has 24 heavy (non-hydrogen) atoms. The number of alkyl halides is 3. The lowest BCUT2D eigenvalue weighted by atomic mass is 10.3. The van der Waals surface area contributed by atoms with Crippen LogP contribution in [-0.2, 0) is 11.3 Å². The number of methoxy groups -OCH3 is 1. The smallest absolute Gasteiger partial charge is 0.383 e. The maximum Gasteiger partial charge on any atom is 0.405 e. The van der Waals surface area contributed by atoms with Gasteiger partial charge in [-0.1, -0.05) is 0 Å². The van der Waals surface area contributed by atoms with E-state index in [1.807, 2.05) is 0 Å². The van der Waals surface area contributed by atoms with Crippen LogP contribution < -0.4 is 10.9 Å². The third-order valence-corrected chi connectivity index (χ3v) is 4.31. The predicted molar refractivity (Wildman–Crippen MR) is 83.4 cm³/mol. The molecule has 0 aliphatic carbocycles. The first-order valence-electron chi connectivity index (χ1n) is 6.83. The van der Waals surface area contributed by atoms with Crippen molar-refractivity contribution in [1.82, 2.24) is 19.5 Å². The molecule has 0 aromatic carbocycles. The molecule has 0 radical (unpaired) electrons. The minimum Gasteiger partial charge on any atom is -0.383 e. The van der Waals surface area contributed by atoms with Crippen LogP contribution >= 0.6 is 11.3 Å². The Bertz CT molecular complexity index is 937. The molecule has 128 valence electrons. The minimum absolute atomic E-state index is 0.00474. The molecular formula is C13H12F3N5O2S. The zero-order valence-corrected chi connectivity index (χ0v) is 13.2. The monoisotopic (exact) mass is 359 g/mol. The van der Waals surface area contributed by atoms with Crippen molar-refractivity contribution in [3.05, 3.63) is 23.0 Å². The van der Waals surface area contributed by atoms with E-state index >= 15 is 0 Å². The average molecular weight is 359 g/mol. The maximum atomic E-state index is 12.5. The van der Waals surface area contributed by atoms with Crippen molar-refractivity contribution < 1.29 is 17.9 Å². The molecule has 7 nitrogen and oxygen atoms in total. The van der Waals surface area contributed by atoms with Crippen molar-refractivity contribution in [3.8, 4) is 0 Å². The molecule has 0 amide bonds. The first-order valence-corrected chi connectivity index (χ1v) is 7.64. The standard InChI is InChI=1S/C13H12F3N5O2S/c1-23-3-2-21-6-20-8-7-10(17-4-13(14,15)16)18-5-19-11(7)24-9(8)12(21)22/h5-6H,2-4H2,1H3,(H,17,18,19). The Morgan fingerprint density at radius 3 is 2.83 bits per heavy atom. The zero-order chi connectivity index (χ0) is 17.3. The van der Waals surface area contributed by atoms with Gasteiger partial charge in [0, 0.05) is 7.11 Å². The second-order valence-electron chi connectivity index (χ2n) is 4.89. The highest BCUT2D eigenvalue weighted by molar-refractivity contribution is 7.25. The van der Waals surface area contributed by atoms with E-state index in [4.69, 9.17) is 4.74 Å². The van der Waals surface area contributed by atoms with Gasteiger partial charge in [-0.05, 0) is 0 Å². The molecule has 3 aromatic heterocycles. The van der Waals surface area contributed by atoms with Crippen LogP contribution in [0.1, 0.15) is 0 Å². The molecule has 0 bridgehead atoms. The highest BCUT2D eigenvalue weighted by Crippen LogP contribution is 2.33. The number of hydrogen-bond donors (Lipinski definition) is 1. The number of anilines is 1. The summed E-state index contributed by atoms with van der Waals surface area (Å²) in [5.41, 5.74) is 0.000706. The highest BCUT2D eigenvalue weighted by atomic mass is 32.1. The van der Waals surface area contributed by atoms with Gasteiger partial charge in [0.25, 0.3) is 5.56 Å². The van der Waals surface area contributed by atoms with Gasteiger partial charge in [0.2, 0.25) is 0 Å². The van der Waals surface area contributed by atoms with E-state index < -0.39 is 12.7 Å². The first-order chi connectivity index (χ1) is 11.4. The van der Waals surface area contributed by atoms with E-state index in [2.05, 4.69) is 20.3 Å². The number of nitrogens with one attached hydrogen (secondary N) is 1. The van der Waals surface area contributed by atoms with Gasteiger partial charge in [-0.25, -0.2) is 15.0 Å². The maximum absolute atomic E-state index is 12.5. The number of ether oxygens (including phenoxy) is 1. The van der Waals surface area contributed by atoms with Crippen LogP contribution in [0.25, 0.3) is 20.4 Å². The molecular weight excluding hydrogens is 347 g/mol. The minimum atomic E-state index is -4.39. The fourth-order valence-corrected chi connectivity index (χ4v) is 3.21. The predicted octanol–water partition coefficient (Wildman–Crippen LogP) is 2.02. The largest absolute Gasteiger partial charge is 0.405 e. The number of hydrogen-bond acceptors (Lipinski definition) is 7. The van der Waals surface area contributed by atoms with Crippen molar-refractivity contribution in [3.63, 3.8) is 0 Å². The molecule has 0 saturated heterocycles. The lowest BCUT2D eigenvalue weighted by molar-refractivity contribution is -0.115. The van der Waals surface area contributed by atoms with Crippen LogP contribution in [0.2, 0.25) is 0 Å². The van der Waals surface area contributed by atoms with Gasteiger partial charge in [-0.3, -0.25) is 9.36 Å². The number of fused-ring (bicyclic) bond motifs is 3. The van der Waals surface area contributed by atoms with Crippen LogP contribution in [0.4, 0.5) is 19.0 Å². The first kappa shape index (κ1) is 16.6. The summed E-state index contributed by atoms with van der Waals surface area (Å²) in [6.07, 6.45) is -1.89. The van der Waals surface area contributed by atoms with E-state index in [9.17, 15) is 18.0 Å². The molecule has 1 N–H and O–H groups in total. The van der Waals surface area contributed by atoms with Gasteiger partial charge >= 0.3 is 6.18 Å². The molecule has 0 spiro atoms. The van der Waals surface area contributed by atoms with Crippen molar-refractivity contribution in [2.75, 3.05) is 25.6 Å². The van der Waals surface area contributed by atoms with E-state index in [1.54, 1.807) is 0 Å². The van der Waals surface area contributed by atoms with Crippen LogP contribution in [0, 0.1) is 0 Å². The summed E-state index contributed by atoms with van der Waals surface area (Å²) in [5.74, 6) is 0.00474. The number of halogens is 3. The van der Waals surface area contributed by atoms with Gasteiger partial charge < -0.3 is 10.1 Å². The van der Waals surface area contributed by atoms with E-state index in [0.29, 0.717) is 33.6 Å². The molecule has 0 atom stereocenters. The summed E-state index contributed by atoms with van der Waals surface area (Å²) in [4.78, 5) is 24.9. The summed E-state index contributed by atoms with van der Waals surface area (Å²) in [6.45, 7) is -0.561. The fourth-order valence-electron chi connectivity index (χ4n) is 2.16. The molecule has 0 fully saturated rings. The average Bonchev–Trinajstić information content (AvgIpc) is 2.92. The fraction of sp³-hybridized carbons (Fsp3) is 0.385. The van der Waals surface area contributed by atoms with Crippen LogP contribution in [0.15, 0.2) is 17.4 Å². The van der Waals surface area contributed by atoms with Crippen LogP contribution in [0.5, 0.6) is 0 Å². The molecule has 0 aliphatic rings. The Hall–Kier alpha value is -2.27. The van der Waals surface area contributed by atoms with Gasteiger partial charge in [0.05, 0.1) is 24.9 Å². The van der Waals surface area contributed by atoms with Crippen LogP contribution in [-0.4, -0.2) is 46.0 Å². The summed E-state index contributed by atoms with van der Waals surface area (Å²) in [5, 5.41) is 2.55. The van der Waals surface area contributed by atoms with Gasteiger partial charge in [0.1, 0.15) is 33.7 Å². The summed E-state index contributed by atoms with van der Waals surface area (Å²) >= 11 is 1.07. The lowest BCUT2D eigenvalue weighted by Crippen LogP contribution is -2.22. The third-order valence-electron chi connectivity index (χ3n) is 3.24.